The van der Waals surface area contributed by atoms with Crippen molar-refractivity contribution in [3.63, 3.8) is 0 Å². The number of nitrogens with two attached hydrogens (primary N) is 1. The zero-order valence-corrected chi connectivity index (χ0v) is 12.7. The van der Waals surface area contributed by atoms with Gasteiger partial charge in [0.25, 0.3) is 0 Å². The molecular weight excluding hydrogens is 252 g/mol. The van der Waals surface area contributed by atoms with Gasteiger partial charge in [-0.3, -0.25) is 4.79 Å². The van der Waals surface area contributed by atoms with Crippen molar-refractivity contribution in [1.29, 1.82) is 0 Å². The van der Waals surface area contributed by atoms with Crippen LogP contribution < -0.4 is 15.8 Å². The molecule has 0 bridgehead atoms. The number of hydrogen-bond acceptors (Lipinski definition) is 3. The van der Waals surface area contributed by atoms with Gasteiger partial charge < -0.3 is 15.8 Å². The molecule has 112 valence electrons. The Morgan fingerprint density at radius 1 is 1.35 bits per heavy atom. The summed E-state index contributed by atoms with van der Waals surface area (Å²) < 4.78 is 5.84. The van der Waals surface area contributed by atoms with Crippen molar-refractivity contribution in [3.8, 4) is 5.75 Å². The molecule has 4 heteroatoms. The molecule has 0 saturated carbocycles. The van der Waals surface area contributed by atoms with Crippen LogP contribution in [0.3, 0.4) is 0 Å². The zero-order chi connectivity index (χ0) is 15.0. The van der Waals surface area contributed by atoms with Crippen molar-refractivity contribution >= 4 is 5.91 Å². The topological polar surface area (TPSA) is 64.3 Å². The quantitative estimate of drug-likeness (QED) is 0.729. The van der Waals surface area contributed by atoms with Gasteiger partial charge in [-0.05, 0) is 30.5 Å². The Balaban J connectivity index is 2.59. The maximum atomic E-state index is 11.3. The summed E-state index contributed by atoms with van der Waals surface area (Å²) in [5.74, 6) is 1.04. The molecule has 0 spiro atoms. The van der Waals surface area contributed by atoms with Crippen LogP contribution in [0.25, 0.3) is 0 Å². The predicted octanol–water partition coefficient (Wildman–Crippen LogP) is 2.43. The van der Waals surface area contributed by atoms with Gasteiger partial charge in [0.15, 0.2) is 0 Å². The Labute approximate surface area is 121 Å². The van der Waals surface area contributed by atoms with Gasteiger partial charge in [-0.25, -0.2) is 0 Å². The van der Waals surface area contributed by atoms with Crippen LogP contribution in [-0.2, 0) is 4.79 Å². The molecule has 0 heterocycles. The van der Waals surface area contributed by atoms with E-state index in [0.717, 1.165) is 18.7 Å². The van der Waals surface area contributed by atoms with E-state index in [-0.39, 0.29) is 11.9 Å². The Hall–Kier alpha value is -1.55. The summed E-state index contributed by atoms with van der Waals surface area (Å²) in [4.78, 5) is 11.3. The van der Waals surface area contributed by atoms with Crippen LogP contribution in [-0.4, -0.2) is 25.1 Å². The van der Waals surface area contributed by atoms with Crippen molar-refractivity contribution in [2.45, 2.75) is 45.6 Å². The molecule has 1 aromatic rings. The van der Waals surface area contributed by atoms with E-state index in [2.05, 4.69) is 25.2 Å². The summed E-state index contributed by atoms with van der Waals surface area (Å²) in [5, 5.41) is 3.06. The number of para-hydroxylation sites is 1. The number of rotatable bonds is 9. The molecule has 1 rings (SSSR count). The molecule has 2 atom stereocenters. The lowest BCUT2D eigenvalue weighted by Gasteiger charge is -2.18. The summed E-state index contributed by atoms with van der Waals surface area (Å²) in [6.45, 7) is 7.50. The highest BCUT2D eigenvalue weighted by Gasteiger charge is 2.14. The molecule has 0 aromatic heterocycles. The minimum atomic E-state index is -0.328. The second-order valence-electron chi connectivity index (χ2n) is 5.00. The number of primary amides is 1. The average Bonchev–Trinajstić information content (AvgIpc) is 2.45. The van der Waals surface area contributed by atoms with Crippen LogP contribution in [0.5, 0.6) is 5.75 Å². The minimum Gasteiger partial charge on any atom is -0.493 e. The number of nitrogens with one attached hydrogen (secondary N) is 1. The molecule has 1 amide bonds. The Morgan fingerprint density at radius 3 is 2.65 bits per heavy atom. The molecule has 0 radical (unpaired) electrons. The van der Waals surface area contributed by atoms with E-state index < -0.39 is 0 Å². The maximum absolute atomic E-state index is 11.3. The summed E-state index contributed by atoms with van der Waals surface area (Å²) >= 11 is 0. The molecule has 0 aliphatic heterocycles. The number of ether oxygens (including phenoxy) is 1. The number of carbonyl (C=O) groups is 1. The Morgan fingerprint density at radius 2 is 2.05 bits per heavy atom. The third-order valence-electron chi connectivity index (χ3n) is 3.52. The first-order valence-electron chi connectivity index (χ1n) is 7.34. The molecule has 2 unspecified atom stereocenters. The van der Waals surface area contributed by atoms with Crippen molar-refractivity contribution in [1.82, 2.24) is 5.32 Å². The molecular formula is C16H26N2O2. The van der Waals surface area contributed by atoms with Crippen molar-refractivity contribution < 1.29 is 9.53 Å². The van der Waals surface area contributed by atoms with Crippen LogP contribution in [0, 0.1) is 0 Å². The minimum absolute atomic E-state index is 0.323. The first kappa shape index (κ1) is 16.5. The fourth-order valence-electron chi connectivity index (χ4n) is 2.12. The van der Waals surface area contributed by atoms with Crippen LogP contribution in [0.1, 0.15) is 45.1 Å². The second-order valence-corrected chi connectivity index (χ2v) is 5.00. The molecule has 4 nitrogen and oxygen atoms in total. The molecule has 0 fully saturated rings. The van der Waals surface area contributed by atoms with Gasteiger partial charge in [0.05, 0.1) is 12.6 Å². The molecule has 0 aliphatic carbocycles. The molecule has 20 heavy (non-hydrogen) atoms. The highest BCUT2D eigenvalue weighted by molar-refractivity contribution is 5.79. The molecule has 0 aliphatic rings. The van der Waals surface area contributed by atoms with Gasteiger partial charge in [0, 0.05) is 6.42 Å². The second kappa shape index (κ2) is 8.59. The van der Waals surface area contributed by atoms with Gasteiger partial charge in [-0.2, -0.15) is 0 Å². The lowest BCUT2D eigenvalue weighted by atomic mass is 9.98. The highest BCUT2D eigenvalue weighted by Crippen LogP contribution is 2.28. The van der Waals surface area contributed by atoms with E-state index in [1.54, 1.807) is 0 Å². The summed E-state index contributed by atoms with van der Waals surface area (Å²) in [5.41, 5.74) is 6.56. The van der Waals surface area contributed by atoms with Crippen LogP contribution >= 0.6 is 0 Å². The van der Waals surface area contributed by atoms with E-state index in [1.165, 1.54) is 5.56 Å². The predicted molar refractivity (Wildman–Crippen MR) is 81.9 cm³/mol. The van der Waals surface area contributed by atoms with Crippen molar-refractivity contribution in [2.75, 3.05) is 13.2 Å². The smallest absolute Gasteiger partial charge is 0.234 e. The van der Waals surface area contributed by atoms with Gasteiger partial charge in [0.1, 0.15) is 5.75 Å². The lowest BCUT2D eigenvalue weighted by molar-refractivity contribution is -0.120. The number of carbonyl (C=O) groups excluding carboxylic acids is 1. The van der Waals surface area contributed by atoms with Crippen molar-refractivity contribution in [3.05, 3.63) is 29.8 Å². The summed E-state index contributed by atoms with van der Waals surface area (Å²) in [7, 11) is 0. The van der Waals surface area contributed by atoms with Crippen LogP contribution in [0.2, 0.25) is 0 Å². The first-order chi connectivity index (χ1) is 9.60. The Bertz CT molecular complexity index is 421. The first-order valence-corrected chi connectivity index (χ1v) is 7.34. The number of hydrogen-bond donors (Lipinski definition) is 2. The van der Waals surface area contributed by atoms with Crippen LogP contribution in [0.4, 0.5) is 0 Å². The SMILES string of the molecule is CCNC(CCOc1ccccc1C(C)CC)C(N)=O. The largest absolute Gasteiger partial charge is 0.493 e. The van der Waals surface area contributed by atoms with Crippen molar-refractivity contribution in [2.24, 2.45) is 5.73 Å². The van der Waals surface area contributed by atoms with Gasteiger partial charge in [0.2, 0.25) is 5.91 Å². The zero-order valence-electron chi connectivity index (χ0n) is 12.7. The fourth-order valence-corrected chi connectivity index (χ4v) is 2.12. The van der Waals surface area contributed by atoms with Gasteiger partial charge >= 0.3 is 0 Å². The van der Waals surface area contributed by atoms with E-state index in [4.69, 9.17) is 10.5 Å². The maximum Gasteiger partial charge on any atom is 0.234 e. The molecule has 1 aromatic carbocycles. The Kier molecular flexibility index (Phi) is 7.09. The van der Waals surface area contributed by atoms with Gasteiger partial charge in [-0.15, -0.1) is 0 Å². The number of likely N-dealkylation sites (N-methyl/N-ethyl adjacent to an activating group) is 1. The van der Waals surface area contributed by atoms with E-state index in [0.29, 0.717) is 18.9 Å². The lowest BCUT2D eigenvalue weighted by Crippen LogP contribution is -2.42. The van der Waals surface area contributed by atoms with E-state index >= 15 is 0 Å². The summed E-state index contributed by atoms with van der Waals surface area (Å²) in [6.07, 6.45) is 1.65. The molecule has 0 saturated heterocycles. The van der Waals surface area contributed by atoms with Gasteiger partial charge in [-0.1, -0.05) is 39.0 Å². The average molecular weight is 278 g/mol. The fraction of sp³-hybridized carbons (Fsp3) is 0.562. The number of benzene rings is 1. The third kappa shape index (κ3) is 4.85. The van der Waals surface area contributed by atoms with E-state index in [9.17, 15) is 4.79 Å². The monoisotopic (exact) mass is 278 g/mol. The van der Waals surface area contributed by atoms with Crippen LogP contribution in [0.15, 0.2) is 24.3 Å². The third-order valence-corrected chi connectivity index (χ3v) is 3.52. The normalized spacial score (nSPS) is 13.8. The molecule has 3 N–H and O–H groups in total. The standard InChI is InChI=1S/C16H26N2O2/c1-4-12(3)13-8-6-7-9-15(13)20-11-10-14(16(17)19)18-5-2/h6-9,12,14,18H,4-5,10-11H2,1-3H3,(H2,17,19). The van der Waals surface area contributed by atoms with E-state index in [1.807, 2.05) is 25.1 Å². The highest BCUT2D eigenvalue weighted by atomic mass is 16.5. The summed E-state index contributed by atoms with van der Waals surface area (Å²) in [6, 6.07) is 7.75. The number of amides is 1.